The summed E-state index contributed by atoms with van der Waals surface area (Å²) in [6, 6.07) is 0. The van der Waals surface area contributed by atoms with Crippen LogP contribution in [-0.4, -0.2) is 42.6 Å². The number of nitrogens with zero attached hydrogens (tertiary/aromatic N) is 2. The number of oxime groups is 1. The quantitative estimate of drug-likeness (QED) is 0.327. The van der Waals surface area contributed by atoms with E-state index in [1.807, 2.05) is 0 Å². The predicted molar refractivity (Wildman–Crippen MR) is 71.0 cm³/mol. The average molecular weight is 277 g/mol. The molecule has 1 rings (SSSR count). The van der Waals surface area contributed by atoms with Gasteiger partial charge >= 0.3 is 0 Å². The molecule has 0 aromatic rings. The van der Waals surface area contributed by atoms with E-state index >= 15 is 0 Å². The van der Waals surface area contributed by atoms with Gasteiger partial charge in [-0.1, -0.05) is 31.3 Å². The van der Waals surface area contributed by atoms with E-state index in [4.69, 9.17) is 10.9 Å². The van der Waals surface area contributed by atoms with Gasteiger partial charge in [0, 0.05) is 6.54 Å². The summed E-state index contributed by atoms with van der Waals surface area (Å²) in [5.74, 6) is 0.355. The fourth-order valence-corrected chi connectivity index (χ4v) is 4.24. The summed E-state index contributed by atoms with van der Waals surface area (Å²) in [6.07, 6.45) is 5.41. The summed E-state index contributed by atoms with van der Waals surface area (Å²) in [6.45, 7) is 2.05. The molecule has 0 bridgehead atoms. The lowest BCUT2D eigenvalue weighted by molar-refractivity contribution is 0.314. The third-order valence-electron chi connectivity index (χ3n) is 3.38. The van der Waals surface area contributed by atoms with E-state index in [1.54, 1.807) is 6.92 Å². The average Bonchev–Trinajstić information content (AvgIpc) is 2.36. The zero-order valence-electron chi connectivity index (χ0n) is 10.9. The van der Waals surface area contributed by atoms with Crippen LogP contribution in [0, 0.1) is 5.92 Å². The molecule has 0 aliphatic heterocycles. The minimum Gasteiger partial charge on any atom is -0.409 e. The number of hydrogen-bond acceptors (Lipinski definition) is 4. The molecule has 0 heterocycles. The Kier molecular flexibility index (Phi) is 5.87. The van der Waals surface area contributed by atoms with Crippen molar-refractivity contribution < 1.29 is 13.6 Å². The molecule has 1 saturated carbocycles. The minimum atomic E-state index is -3.32. The number of amidine groups is 1. The summed E-state index contributed by atoms with van der Waals surface area (Å²) >= 11 is 0. The zero-order chi connectivity index (χ0) is 13.6. The molecule has 0 spiro atoms. The first-order chi connectivity index (χ1) is 8.49. The van der Waals surface area contributed by atoms with Gasteiger partial charge in [-0.15, -0.1) is 0 Å². The van der Waals surface area contributed by atoms with Crippen LogP contribution in [0.25, 0.3) is 0 Å². The Morgan fingerprint density at radius 1 is 1.39 bits per heavy atom. The number of sulfonamides is 1. The van der Waals surface area contributed by atoms with Crippen LogP contribution in [0.5, 0.6) is 0 Å². The van der Waals surface area contributed by atoms with Crippen LogP contribution < -0.4 is 5.73 Å². The van der Waals surface area contributed by atoms with E-state index in [9.17, 15) is 8.42 Å². The summed E-state index contributed by atoms with van der Waals surface area (Å²) < 4.78 is 25.7. The molecule has 1 fully saturated rings. The van der Waals surface area contributed by atoms with Gasteiger partial charge in [-0.05, 0) is 18.8 Å². The van der Waals surface area contributed by atoms with Crippen molar-refractivity contribution in [3.63, 3.8) is 0 Å². The molecule has 6 nitrogen and oxygen atoms in total. The maximum Gasteiger partial charge on any atom is 0.214 e. The summed E-state index contributed by atoms with van der Waals surface area (Å²) in [7, 11) is -3.32. The van der Waals surface area contributed by atoms with Crippen molar-refractivity contribution in [2.75, 3.05) is 18.8 Å². The SMILES string of the molecule is CCN(C/C(N)=N/O)S(=O)(=O)CC1CCCCC1. The van der Waals surface area contributed by atoms with Crippen molar-refractivity contribution in [3.05, 3.63) is 0 Å². The Morgan fingerprint density at radius 3 is 2.50 bits per heavy atom. The van der Waals surface area contributed by atoms with E-state index in [-0.39, 0.29) is 24.1 Å². The standard InChI is InChI=1S/C11H23N3O3S/c1-2-14(8-11(12)13-15)18(16,17)9-10-6-4-3-5-7-10/h10,15H,2-9H2,1H3,(H2,12,13). The van der Waals surface area contributed by atoms with E-state index in [1.165, 1.54) is 10.7 Å². The van der Waals surface area contributed by atoms with Crippen LogP contribution in [0.15, 0.2) is 5.16 Å². The maximum absolute atomic E-state index is 12.2. The Morgan fingerprint density at radius 2 is 2.00 bits per heavy atom. The van der Waals surface area contributed by atoms with Crippen molar-refractivity contribution >= 4 is 15.9 Å². The van der Waals surface area contributed by atoms with Crippen molar-refractivity contribution in [2.45, 2.75) is 39.0 Å². The van der Waals surface area contributed by atoms with Crippen LogP contribution >= 0.6 is 0 Å². The molecule has 0 amide bonds. The topological polar surface area (TPSA) is 96.0 Å². The Balaban J connectivity index is 2.64. The van der Waals surface area contributed by atoms with Crippen molar-refractivity contribution in [3.8, 4) is 0 Å². The largest absolute Gasteiger partial charge is 0.409 e. The van der Waals surface area contributed by atoms with Gasteiger partial charge in [0.05, 0.1) is 12.3 Å². The van der Waals surface area contributed by atoms with Gasteiger partial charge in [-0.2, -0.15) is 4.31 Å². The van der Waals surface area contributed by atoms with Gasteiger partial charge in [0.15, 0.2) is 5.84 Å². The smallest absolute Gasteiger partial charge is 0.214 e. The van der Waals surface area contributed by atoms with Gasteiger partial charge in [0.1, 0.15) is 0 Å². The highest BCUT2D eigenvalue weighted by molar-refractivity contribution is 7.89. The number of nitrogens with two attached hydrogens (primary N) is 1. The molecule has 106 valence electrons. The van der Waals surface area contributed by atoms with E-state index in [0.29, 0.717) is 6.54 Å². The number of hydrogen-bond donors (Lipinski definition) is 2. The number of likely N-dealkylation sites (N-methyl/N-ethyl adjacent to an activating group) is 1. The van der Waals surface area contributed by atoms with E-state index < -0.39 is 10.0 Å². The lowest BCUT2D eigenvalue weighted by Crippen LogP contribution is -2.41. The normalized spacial score (nSPS) is 19.3. The predicted octanol–water partition coefficient (Wildman–Crippen LogP) is 0.965. The first-order valence-electron chi connectivity index (χ1n) is 6.43. The second-order valence-electron chi connectivity index (χ2n) is 4.80. The first-order valence-corrected chi connectivity index (χ1v) is 8.04. The molecule has 0 atom stereocenters. The molecule has 0 saturated heterocycles. The van der Waals surface area contributed by atoms with Gasteiger partial charge in [0.25, 0.3) is 0 Å². The lowest BCUT2D eigenvalue weighted by atomic mass is 9.91. The highest BCUT2D eigenvalue weighted by Crippen LogP contribution is 2.25. The van der Waals surface area contributed by atoms with Crippen LogP contribution in [0.2, 0.25) is 0 Å². The Bertz CT molecular complexity index is 375. The lowest BCUT2D eigenvalue weighted by Gasteiger charge is -2.25. The molecule has 3 N–H and O–H groups in total. The van der Waals surface area contributed by atoms with E-state index in [2.05, 4.69) is 5.16 Å². The van der Waals surface area contributed by atoms with E-state index in [0.717, 1.165) is 25.7 Å². The monoisotopic (exact) mass is 277 g/mol. The minimum absolute atomic E-state index is 0.0396. The first kappa shape index (κ1) is 15.2. The fourth-order valence-electron chi connectivity index (χ4n) is 2.38. The van der Waals surface area contributed by atoms with Crippen molar-refractivity contribution in [2.24, 2.45) is 16.8 Å². The Labute approximate surface area is 109 Å². The van der Waals surface area contributed by atoms with Crippen LogP contribution in [0.3, 0.4) is 0 Å². The molecule has 0 aromatic heterocycles. The van der Waals surface area contributed by atoms with Crippen molar-refractivity contribution in [1.29, 1.82) is 0 Å². The van der Waals surface area contributed by atoms with Crippen LogP contribution in [0.4, 0.5) is 0 Å². The summed E-state index contributed by atoms with van der Waals surface area (Å²) in [5, 5.41) is 11.3. The summed E-state index contributed by atoms with van der Waals surface area (Å²) in [4.78, 5) is 0. The van der Waals surface area contributed by atoms with Gasteiger partial charge in [0.2, 0.25) is 10.0 Å². The van der Waals surface area contributed by atoms with Crippen LogP contribution in [0.1, 0.15) is 39.0 Å². The molecule has 0 unspecified atom stereocenters. The number of rotatable bonds is 6. The van der Waals surface area contributed by atoms with Gasteiger partial charge in [-0.25, -0.2) is 8.42 Å². The van der Waals surface area contributed by atoms with Crippen molar-refractivity contribution in [1.82, 2.24) is 4.31 Å². The highest BCUT2D eigenvalue weighted by atomic mass is 32.2. The second kappa shape index (κ2) is 6.94. The fraction of sp³-hybridized carbons (Fsp3) is 0.909. The third-order valence-corrected chi connectivity index (χ3v) is 5.45. The second-order valence-corrected chi connectivity index (χ2v) is 6.81. The molecule has 1 aliphatic rings. The van der Waals surface area contributed by atoms with Crippen LogP contribution in [-0.2, 0) is 10.0 Å². The molecule has 0 radical (unpaired) electrons. The maximum atomic E-state index is 12.2. The van der Waals surface area contributed by atoms with Gasteiger partial charge < -0.3 is 10.9 Å². The molecule has 7 heteroatoms. The molecule has 18 heavy (non-hydrogen) atoms. The van der Waals surface area contributed by atoms with Gasteiger partial charge in [-0.3, -0.25) is 0 Å². The molecular formula is C11H23N3O3S. The Hall–Kier alpha value is -0.820. The zero-order valence-corrected chi connectivity index (χ0v) is 11.7. The highest BCUT2D eigenvalue weighted by Gasteiger charge is 2.26. The molecular weight excluding hydrogens is 254 g/mol. The summed E-state index contributed by atoms with van der Waals surface area (Å²) in [5.41, 5.74) is 5.37. The molecule has 0 aromatic carbocycles. The molecule has 1 aliphatic carbocycles. The third kappa shape index (κ3) is 4.45.